The molecule has 2 saturated heterocycles. The molecule has 16 heteroatoms. The Bertz CT molecular complexity index is 1850. The Labute approximate surface area is 317 Å². The number of thioether (sulfide) groups is 1. The van der Waals surface area contributed by atoms with Crippen molar-refractivity contribution >= 4 is 64.0 Å². The predicted octanol–water partition coefficient (Wildman–Crippen LogP) is 0.195. The Morgan fingerprint density at radius 2 is 1.22 bits per heavy atom. The summed E-state index contributed by atoms with van der Waals surface area (Å²) < 4.78 is 0. The molecule has 5 rings (SSSR count). The third-order valence-electron chi connectivity index (χ3n) is 9.39. The van der Waals surface area contributed by atoms with E-state index in [-0.39, 0.29) is 31.6 Å². The third-order valence-corrected chi connectivity index (χ3v) is 10.0. The van der Waals surface area contributed by atoms with Gasteiger partial charge < -0.3 is 42.2 Å². The van der Waals surface area contributed by atoms with E-state index in [1.165, 1.54) is 11.8 Å². The van der Waals surface area contributed by atoms with Crippen molar-refractivity contribution in [1.82, 2.24) is 42.2 Å². The molecule has 1 aromatic heterocycles. The second kappa shape index (κ2) is 18.6. The van der Waals surface area contributed by atoms with Gasteiger partial charge in [0.15, 0.2) is 0 Å². The van der Waals surface area contributed by atoms with Crippen molar-refractivity contribution in [2.75, 3.05) is 18.6 Å². The highest BCUT2D eigenvalue weighted by Gasteiger charge is 2.37. The number of hydrogen-bond donors (Lipinski definition) is 8. The SMILES string of the molecule is CSCC[C@@H]1NC(=O)[C@H](CC(C)C)NC(=O)[C@@H]2CNC(=O)C[C@H](NC1=O)C(=O)N[C@@H](Cc1c[nH]c3ccccc13)C(=O)NC(Cc1ccccc1)C(=O)N2. The minimum absolute atomic E-state index is 0.0111. The first kappa shape index (κ1) is 39.8. The third kappa shape index (κ3) is 10.6. The molecule has 2 aromatic carbocycles. The first-order valence-corrected chi connectivity index (χ1v) is 19.5. The molecule has 0 radical (unpaired) electrons. The minimum Gasteiger partial charge on any atom is -0.361 e. The Morgan fingerprint density at radius 1 is 0.648 bits per heavy atom. The second-order valence-electron chi connectivity index (χ2n) is 14.0. The molecule has 2 aliphatic rings. The van der Waals surface area contributed by atoms with Gasteiger partial charge in [0.25, 0.3) is 0 Å². The van der Waals surface area contributed by atoms with E-state index in [2.05, 4.69) is 42.2 Å². The molecule has 288 valence electrons. The number of para-hydroxylation sites is 1. The van der Waals surface area contributed by atoms with Crippen LogP contribution >= 0.6 is 11.8 Å². The lowest BCUT2D eigenvalue weighted by atomic mass is 10.00. The molecule has 3 aromatic rings. The second-order valence-corrected chi connectivity index (χ2v) is 15.0. The molecule has 6 atom stereocenters. The first-order chi connectivity index (χ1) is 25.9. The predicted molar refractivity (Wildman–Crippen MR) is 204 cm³/mol. The zero-order chi connectivity index (χ0) is 38.8. The van der Waals surface area contributed by atoms with E-state index < -0.39 is 90.6 Å². The smallest absolute Gasteiger partial charge is 0.245 e. The molecule has 8 N–H and O–H groups in total. The highest BCUT2D eigenvalue weighted by atomic mass is 32.2. The van der Waals surface area contributed by atoms with Crippen LogP contribution in [0.15, 0.2) is 60.8 Å². The summed E-state index contributed by atoms with van der Waals surface area (Å²) in [5.41, 5.74) is 2.22. The fourth-order valence-corrected chi connectivity index (χ4v) is 6.99. The van der Waals surface area contributed by atoms with Crippen molar-refractivity contribution in [2.45, 2.75) is 82.2 Å². The summed E-state index contributed by atoms with van der Waals surface area (Å²) >= 11 is 1.45. The molecular weight excluding hydrogens is 713 g/mol. The van der Waals surface area contributed by atoms with Crippen LogP contribution in [0.3, 0.4) is 0 Å². The maximum absolute atomic E-state index is 14.3. The molecule has 2 aliphatic heterocycles. The Balaban J connectivity index is 1.58. The quantitative estimate of drug-likeness (QED) is 0.150. The zero-order valence-electron chi connectivity index (χ0n) is 30.5. The van der Waals surface area contributed by atoms with Gasteiger partial charge in [0.05, 0.1) is 6.42 Å². The Hall–Kier alpha value is -5.38. The van der Waals surface area contributed by atoms with Gasteiger partial charge in [-0.15, -0.1) is 0 Å². The van der Waals surface area contributed by atoms with Gasteiger partial charge in [0.1, 0.15) is 36.3 Å². The van der Waals surface area contributed by atoms with E-state index in [0.717, 1.165) is 10.9 Å². The summed E-state index contributed by atoms with van der Waals surface area (Å²) in [6.07, 6.45) is 3.42. The molecule has 0 aliphatic carbocycles. The zero-order valence-corrected chi connectivity index (χ0v) is 31.3. The average molecular weight is 761 g/mol. The van der Waals surface area contributed by atoms with Crippen LogP contribution < -0.4 is 37.2 Å². The van der Waals surface area contributed by atoms with Gasteiger partial charge in [-0.1, -0.05) is 62.4 Å². The number of amides is 7. The standard InChI is InChI=1S/C38H48N8O7S/c1-21(2)15-27-34(49)41-26(13-14-54-3)33(48)45-30-18-32(47)40-20-31(38(53)42-27)46-35(50)28(16-22-9-5-4-6-10-22)43-36(51)29(44-37(30)52)17-23-19-39-25-12-8-7-11-24(23)25/h4-12,19,21,26-31,39H,13-18,20H2,1-3H3,(H,40,47)(H,41,49)(H,42,53)(H,43,51)(H,44,52)(H,45,48)(H,46,50)/t26-,27-,28?,29-,30-,31-/m0/s1. The molecule has 2 bridgehead atoms. The Morgan fingerprint density at radius 3 is 1.96 bits per heavy atom. The summed E-state index contributed by atoms with van der Waals surface area (Å²) in [5.74, 6) is -4.59. The molecule has 0 saturated carbocycles. The van der Waals surface area contributed by atoms with Crippen LogP contribution in [0.25, 0.3) is 10.9 Å². The number of aromatic amines is 1. The van der Waals surface area contributed by atoms with E-state index >= 15 is 0 Å². The fourth-order valence-electron chi connectivity index (χ4n) is 6.52. The molecular formula is C38H48N8O7S. The number of aromatic nitrogens is 1. The molecule has 0 spiro atoms. The summed E-state index contributed by atoms with van der Waals surface area (Å²) in [7, 11) is 0. The van der Waals surface area contributed by atoms with Gasteiger partial charge >= 0.3 is 0 Å². The molecule has 54 heavy (non-hydrogen) atoms. The number of benzene rings is 2. The van der Waals surface area contributed by atoms with Gasteiger partial charge in [-0.2, -0.15) is 11.8 Å². The maximum atomic E-state index is 14.3. The number of hydrogen-bond acceptors (Lipinski definition) is 8. The lowest BCUT2D eigenvalue weighted by Gasteiger charge is -2.30. The van der Waals surface area contributed by atoms with E-state index in [1.54, 1.807) is 30.5 Å². The van der Waals surface area contributed by atoms with Crippen LogP contribution in [0, 0.1) is 5.92 Å². The van der Waals surface area contributed by atoms with Crippen LogP contribution in [-0.2, 0) is 46.4 Å². The minimum atomic E-state index is -1.47. The van der Waals surface area contributed by atoms with Crippen molar-refractivity contribution in [1.29, 1.82) is 0 Å². The van der Waals surface area contributed by atoms with Crippen molar-refractivity contribution in [2.24, 2.45) is 5.92 Å². The largest absolute Gasteiger partial charge is 0.361 e. The van der Waals surface area contributed by atoms with Crippen molar-refractivity contribution in [3.8, 4) is 0 Å². The van der Waals surface area contributed by atoms with Crippen LogP contribution in [0.5, 0.6) is 0 Å². The van der Waals surface area contributed by atoms with E-state index in [4.69, 9.17) is 0 Å². The normalized spacial score (nSPS) is 24.9. The summed E-state index contributed by atoms with van der Waals surface area (Å²) in [6, 6.07) is 8.84. The van der Waals surface area contributed by atoms with E-state index in [1.807, 2.05) is 50.4 Å². The summed E-state index contributed by atoms with van der Waals surface area (Å²) in [5, 5.41) is 19.8. The lowest BCUT2D eigenvalue weighted by Crippen LogP contribution is -2.64. The number of carbonyl (C=O) groups is 7. The number of rotatable bonds is 9. The average Bonchev–Trinajstić information content (AvgIpc) is 3.55. The van der Waals surface area contributed by atoms with Crippen LogP contribution in [0.1, 0.15) is 44.2 Å². The van der Waals surface area contributed by atoms with E-state index in [0.29, 0.717) is 16.9 Å². The monoisotopic (exact) mass is 760 g/mol. The van der Waals surface area contributed by atoms with Gasteiger partial charge in [0, 0.05) is 36.5 Å². The first-order valence-electron chi connectivity index (χ1n) is 18.1. The number of carbonyl (C=O) groups excluding carboxylic acids is 7. The van der Waals surface area contributed by atoms with Gasteiger partial charge in [-0.25, -0.2) is 0 Å². The van der Waals surface area contributed by atoms with Crippen molar-refractivity contribution in [3.63, 3.8) is 0 Å². The molecule has 2 fully saturated rings. The van der Waals surface area contributed by atoms with Gasteiger partial charge in [-0.05, 0) is 48.0 Å². The lowest BCUT2D eigenvalue weighted by molar-refractivity contribution is -0.138. The van der Waals surface area contributed by atoms with Gasteiger partial charge in [-0.3, -0.25) is 33.6 Å². The fraction of sp³-hybridized carbons (Fsp3) is 0.447. The molecule has 7 amide bonds. The van der Waals surface area contributed by atoms with Crippen molar-refractivity contribution in [3.05, 3.63) is 71.9 Å². The number of fused-ring (bicyclic) bond motifs is 6. The highest BCUT2D eigenvalue weighted by Crippen LogP contribution is 2.20. The van der Waals surface area contributed by atoms with Crippen LogP contribution in [0.2, 0.25) is 0 Å². The topological polar surface area (TPSA) is 219 Å². The van der Waals surface area contributed by atoms with Crippen LogP contribution in [-0.4, -0.2) is 101 Å². The van der Waals surface area contributed by atoms with Crippen molar-refractivity contribution < 1.29 is 33.6 Å². The number of nitrogens with one attached hydrogen (secondary N) is 8. The molecule has 3 heterocycles. The van der Waals surface area contributed by atoms with Crippen LogP contribution in [0.4, 0.5) is 0 Å². The summed E-state index contributed by atoms with van der Waals surface area (Å²) in [6.45, 7) is 3.33. The number of H-pyrrole nitrogens is 1. The highest BCUT2D eigenvalue weighted by molar-refractivity contribution is 7.98. The van der Waals surface area contributed by atoms with Gasteiger partial charge in [0.2, 0.25) is 41.4 Å². The van der Waals surface area contributed by atoms with E-state index in [9.17, 15) is 33.6 Å². The molecule has 15 nitrogen and oxygen atoms in total. The molecule has 1 unspecified atom stereocenters. The summed E-state index contributed by atoms with van der Waals surface area (Å²) in [4.78, 5) is 101. The Kier molecular flexibility index (Phi) is 13.7. The maximum Gasteiger partial charge on any atom is 0.245 e.